The van der Waals surface area contributed by atoms with Crippen LogP contribution in [0.1, 0.15) is 27.7 Å². The van der Waals surface area contributed by atoms with Crippen LogP contribution in [0.15, 0.2) is 0 Å². The second kappa shape index (κ2) is 6.65. The molecule has 0 radical (unpaired) electrons. The van der Waals surface area contributed by atoms with Crippen LogP contribution in [0, 0.1) is 0 Å². The molecule has 0 aromatic rings. The number of rotatable bonds is 4. The lowest BCUT2D eigenvalue weighted by atomic mass is 10.2. The maximum atomic E-state index is 5.93. The topological polar surface area (TPSA) is 18.5 Å². The maximum Gasteiger partial charge on any atom is 0.278 e. The van der Waals surface area contributed by atoms with Gasteiger partial charge < -0.3 is 9.05 Å². The Balaban J connectivity index is 4.69. The molecule has 2 nitrogen and oxygen atoms in total. The van der Waals surface area contributed by atoms with Gasteiger partial charge in [-0.1, -0.05) is 69.6 Å². The molecule has 0 aromatic carbocycles. The van der Waals surface area contributed by atoms with E-state index in [1.54, 1.807) is 27.7 Å². The zero-order valence-electron chi connectivity index (χ0n) is 9.91. The lowest BCUT2D eigenvalue weighted by molar-refractivity contribution is 0.0647. The smallest absolute Gasteiger partial charge is 0.278 e. The van der Waals surface area contributed by atoms with Crippen LogP contribution in [0.4, 0.5) is 0 Å². The lowest BCUT2D eigenvalue weighted by Crippen LogP contribution is -2.40. The second-order valence-corrected chi connectivity index (χ2v) is 10.6. The van der Waals surface area contributed by atoms with Crippen LogP contribution >= 0.6 is 88.6 Å². The molecule has 0 saturated carbocycles. The van der Waals surface area contributed by atoms with Crippen molar-refractivity contribution in [2.24, 2.45) is 0 Å². The van der Waals surface area contributed by atoms with E-state index >= 15 is 0 Å². The standard InChI is InChI=1S/C8H12Cl7O2P/c1-5(2,7(9,10)11)16-18(15)17-6(3,4)8(12,13)14/h1-4H3. The van der Waals surface area contributed by atoms with Gasteiger partial charge in [-0.05, 0) is 38.9 Å². The van der Waals surface area contributed by atoms with Gasteiger partial charge in [0.1, 0.15) is 11.2 Å². The Hall–Kier alpha value is 2.38. The molecule has 0 aliphatic carbocycles. The lowest BCUT2D eigenvalue weighted by Gasteiger charge is -2.37. The molecular formula is C8H12Cl7O2P. The molecule has 110 valence electrons. The van der Waals surface area contributed by atoms with Crippen molar-refractivity contribution in [3.05, 3.63) is 0 Å². The van der Waals surface area contributed by atoms with Crippen LogP contribution in [0.25, 0.3) is 0 Å². The van der Waals surface area contributed by atoms with Crippen molar-refractivity contribution < 1.29 is 9.05 Å². The van der Waals surface area contributed by atoms with Crippen LogP contribution in [-0.4, -0.2) is 18.8 Å². The Kier molecular flexibility index (Phi) is 7.53. The summed E-state index contributed by atoms with van der Waals surface area (Å²) >= 11 is 40.5. The van der Waals surface area contributed by atoms with Crippen molar-refractivity contribution in [1.82, 2.24) is 0 Å². The first-order valence-electron chi connectivity index (χ1n) is 4.58. The van der Waals surface area contributed by atoms with Crippen LogP contribution in [0.3, 0.4) is 0 Å². The van der Waals surface area contributed by atoms with E-state index in [0.29, 0.717) is 0 Å². The molecule has 10 heteroatoms. The molecule has 0 heterocycles. The maximum absolute atomic E-state index is 5.93. The third-order valence-electron chi connectivity index (χ3n) is 1.97. The molecular weight excluding hydrogens is 407 g/mol. The molecule has 0 spiro atoms. The SMILES string of the molecule is CC(C)(OP(Cl)OC(C)(C)C(Cl)(Cl)Cl)C(Cl)(Cl)Cl. The normalized spacial score (nSPS) is 15.3. The molecule has 0 atom stereocenters. The van der Waals surface area contributed by atoms with Crippen LogP contribution in [0.2, 0.25) is 0 Å². The average molecular weight is 419 g/mol. The van der Waals surface area contributed by atoms with E-state index in [4.69, 9.17) is 89.9 Å². The van der Waals surface area contributed by atoms with Crippen LogP contribution in [0.5, 0.6) is 0 Å². The van der Waals surface area contributed by atoms with E-state index in [1.165, 1.54) is 0 Å². The largest absolute Gasteiger partial charge is 0.312 e. The van der Waals surface area contributed by atoms with Gasteiger partial charge in [-0.25, -0.2) is 0 Å². The minimum Gasteiger partial charge on any atom is -0.312 e. The van der Waals surface area contributed by atoms with Gasteiger partial charge in [-0.2, -0.15) is 0 Å². The Morgan fingerprint density at radius 3 is 1.06 bits per heavy atom. The van der Waals surface area contributed by atoms with Gasteiger partial charge >= 0.3 is 0 Å². The average Bonchev–Trinajstić information content (AvgIpc) is 1.95. The molecule has 0 saturated heterocycles. The highest BCUT2D eigenvalue weighted by atomic mass is 35.7. The summed E-state index contributed by atoms with van der Waals surface area (Å²) < 4.78 is 7.40. The van der Waals surface area contributed by atoms with Gasteiger partial charge in [0.05, 0.1) is 0 Å². The quantitative estimate of drug-likeness (QED) is 0.369. The second-order valence-electron chi connectivity index (χ2n) is 4.41. The Bertz CT molecular complexity index is 256. The minimum absolute atomic E-state index is 1.16. The molecule has 0 fully saturated rings. The Labute approximate surface area is 143 Å². The molecule has 0 rings (SSSR count). The first-order chi connectivity index (χ1) is 7.60. The highest BCUT2D eigenvalue weighted by Crippen LogP contribution is 2.57. The monoisotopic (exact) mass is 416 g/mol. The predicted octanol–water partition coefficient (Wildman–Crippen LogP) is 6.78. The summed E-state index contributed by atoms with van der Waals surface area (Å²) in [7, 11) is -1.92. The van der Waals surface area contributed by atoms with E-state index in [9.17, 15) is 0 Å². The van der Waals surface area contributed by atoms with E-state index in [2.05, 4.69) is 0 Å². The summed E-state index contributed by atoms with van der Waals surface area (Å²) in [6.07, 6.45) is 0. The van der Waals surface area contributed by atoms with Gasteiger partial charge in [-0.3, -0.25) is 0 Å². The summed E-state index contributed by atoms with van der Waals surface area (Å²) in [5.41, 5.74) is -2.32. The number of hydrogen-bond donors (Lipinski definition) is 0. The van der Waals surface area contributed by atoms with Gasteiger partial charge in [0.15, 0.2) is 0 Å². The fraction of sp³-hybridized carbons (Fsp3) is 1.00. The van der Waals surface area contributed by atoms with Crippen molar-refractivity contribution >= 4 is 88.6 Å². The van der Waals surface area contributed by atoms with Crippen molar-refractivity contribution in [3.63, 3.8) is 0 Å². The molecule has 0 aliphatic rings. The number of alkyl halides is 6. The Morgan fingerprint density at radius 2 is 0.889 bits per heavy atom. The molecule has 0 unspecified atom stereocenters. The third-order valence-corrected chi connectivity index (χ3v) is 6.31. The zero-order chi connectivity index (χ0) is 15.0. The predicted molar refractivity (Wildman–Crippen MR) is 83.7 cm³/mol. The van der Waals surface area contributed by atoms with Gasteiger partial charge in [-0.15, -0.1) is 0 Å². The minimum atomic E-state index is -1.92. The van der Waals surface area contributed by atoms with E-state index in [0.717, 1.165) is 0 Å². The number of hydrogen-bond acceptors (Lipinski definition) is 2. The van der Waals surface area contributed by atoms with Crippen molar-refractivity contribution in [2.75, 3.05) is 0 Å². The van der Waals surface area contributed by atoms with Crippen molar-refractivity contribution in [1.29, 1.82) is 0 Å². The Morgan fingerprint density at radius 1 is 0.667 bits per heavy atom. The molecule has 0 amide bonds. The first kappa shape index (κ1) is 20.4. The van der Waals surface area contributed by atoms with E-state index in [-0.39, 0.29) is 0 Å². The van der Waals surface area contributed by atoms with Crippen molar-refractivity contribution in [2.45, 2.75) is 46.5 Å². The summed E-state index contributed by atoms with van der Waals surface area (Å²) in [5.74, 6) is 0. The van der Waals surface area contributed by atoms with Gasteiger partial charge in [0, 0.05) is 0 Å². The summed E-state index contributed by atoms with van der Waals surface area (Å²) in [6, 6.07) is 0. The summed E-state index contributed by atoms with van der Waals surface area (Å²) in [6.45, 7) is 6.24. The highest BCUT2D eigenvalue weighted by molar-refractivity contribution is 7.76. The molecule has 0 aromatic heterocycles. The molecule has 0 bridgehead atoms. The molecule has 0 N–H and O–H groups in total. The van der Waals surface area contributed by atoms with Crippen LogP contribution in [-0.2, 0) is 9.05 Å². The zero-order valence-corrected chi connectivity index (χ0v) is 16.1. The first-order valence-corrected chi connectivity index (χ1v) is 8.93. The van der Waals surface area contributed by atoms with Gasteiger partial charge in [0.2, 0.25) is 7.59 Å². The summed E-state index contributed by atoms with van der Waals surface area (Å²) in [4.78, 5) is 0. The van der Waals surface area contributed by atoms with E-state index < -0.39 is 26.5 Å². The number of halogens is 7. The van der Waals surface area contributed by atoms with Crippen molar-refractivity contribution in [3.8, 4) is 0 Å². The third kappa shape index (κ3) is 6.02. The fourth-order valence-corrected chi connectivity index (χ4v) is 3.10. The molecule has 0 aliphatic heterocycles. The summed E-state index contributed by atoms with van der Waals surface area (Å²) in [5, 5.41) is 0. The fourth-order valence-electron chi connectivity index (χ4n) is 0.481. The molecule has 18 heavy (non-hydrogen) atoms. The van der Waals surface area contributed by atoms with Crippen LogP contribution < -0.4 is 0 Å². The van der Waals surface area contributed by atoms with E-state index in [1.807, 2.05) is 0 Å². The highest BCUT2D eigenvalue weighted by Gasteiger charge is 2.47. The van der Waals surface area contributed by atoms with Gasteiger partial charge in [0.25, 0.3) is 7.73 Å².